The highest BCUT2D eigenvalue weighted by Gasteiger charge is 2.05. The maximum absolute atomic E-state index is 8.68. The third-order valence-electron chi connectivity index (χ3n) is 2.09. The first-order valence-corrected chi connectivity index (χ1v) is 5.18. The van der Waals surface area contributed by atoms with Crippen molar-refractivity contribution in [2.24, 2.45) is 0 Å². The Labute approximate surface area is 105 Å². The minimum Gasteiger partial charge on any atom is -0.493 e. The number of nitrogens with zero attached hydrogens (tertiary/aromatic N) is 2. The summed E-state index contributed by atoms with van der Waals surface area (Å²) in [6.07, 6.45) is 1.46. The zero-order valence-electron chi connectivity index (χ0n) is 9.88. The van der Waals surface area contributed by atoms with Crippen LogP contribution >= 0.6 is 0 Å². The van der Waals surface area contributed by atoms with Gasteiger partial charge in [-0.15, -0.1) is 0 Å². The molecule has 0 amide bonds. The van der Waals surface area contributed by atoms with E-state index in [2.05, 4.69) is 0 Å². The molecule has 18 heavy (non-hydrogen) atoms. The number of rotatable bonds is 5. The fraction of sp³-hybridized carbons (Fsp3) is 0.231. The molecule has 0 fully saturated rings. The van der Waals surface area contributed by atoms with Crippen LogP contribution < -0.4 is 9.47 Å². The number of ether oxygens (including phenoxy) is 2. The van der Waals surface area contributed by atoms with Gasteiger partial charge in [0.05, 0.1) is 13.7 Å². The molecule has 5 nitrogen and oxygen atoms in total. The molecule has 0 aliphatic carbocycles. The molecule has 0 radical (unpaired) electrons. The minimum atomic E-state index is -0.0855. The predicted molar refractivity (Wildman–Crippen MR) is 64.8 cm³/mol. The average molecular weight is 244 g/mol. The Bertz CT molecular complexity index is 508. The summed E-state index contributed by atoms with van der Waals surface area (Å²) in [5.41, 5.74) is 0.683. The number of benzene rings is 1. The second-order valence-corrected chi connectivity index (χ2v) is 3.26. The van der Waals surface area contributed by atoms with E-state index in [1.54, 1.807) is 30.3 Å². The first kappa shape index (κ1) is 13.6. The predicted octanol–water partition coefficient (Wildman–Crippen LogP) is 1.50. The molecule has 0 saturated heterocycles. The van der Waals surface area contributed by atoms with Crippen molar-refractivity contribution in [2.75, 3.05) is 20.3 Å². The van der Waals surface area contributed by atoms with Crippen molar-refractivity contribution in [3.8, 4) is 23.6 Å². The van der Waals surface area contributed by atoms with Crippen LogP contribution in [-0.4, -0.2) is 25.4 Å². The van der Waals surface area contributed by atoms with Crippen molar-refractivity contribution in [2.45, 2.75) is 0 Å². The highest BCUT2D eigenvalue weighted by molar-refractivity contribution is 5.64. The summed E-state index contributed by atoms with van der Waals surface area (Å²) < 4.78 is 10.4. The Morgan fingerprint density at radius 2 is 2.06 bits per heavy atom. The second-order valence-electron chi connectivity index (χ2n) is 3.26. The van der Waals surface area contributed by atoms with Crippen LogP contribution in [0.3, 0.4) is 0 Å². The van der Waals surface area contributed by atoms with E-state index < -0.39 is 0 Å². The van der Waals surface area contributed by atoms with E-state index in [1.807, 2.05) is 0 Å². The molecule has 0 heterocycles. The van der Waals surface area contributed by atoms with Crippen molar-refractivity contribution in [3.05, 3.63) is 29.3 Å². The third-order valence-corrected chi connectivity index (χ3v) is 2.09. The number of aliphatic hydroxyl groups is 1. The van der Waals surface area contributed by atoms with E-state index in [4.69, 9.17) is 25.1 Å². The van der Waals surface area contributed by atoms with Crippen molar-refractivity contribution in [1.29, 1.82) is 10.5 Å². The molecule has 0 aliphatic rings. The van der Waals surface area contributed by atoms with Crippen LogP contribution in [0.15, 0.2) is 23.8 Å². The van der Waals surface area contributed by atoms with Crippen molar-refractivity contribution >= 4 is 6.08 Å². The van der Waals surface area contributed by atoms with Gasteiger partial charge in [-0.2, -0.15) is 10.5 Å². The first-order chi connectivity index (χ1) is 8.74. The van der Waals surface area contributed by atoms with Crippen molar-refractivity contribution in [1.82, 2.24) is 0 Å². The summed E-state index contributed by atoms with van der Waals surface area (Å²) in [5, 5.41) is 26.0. The molecule has 0 aromatic heterocycles. The van der Waals surface area contributed by atoms with Gasteiger partial charge in [-0.3, -0.25) is 0 Å². The van der Waals surface area contributed by atoms with Gasteiger partial charge in [-0.1, -0.05) is 6.07 Å². The van der Waals surface area contributed by atoms with Gasteiger partial charge in [0.25, 0.3) is 0 Å². The average Bonchev–Trinajstić information content (AvgIpc) is 2.42. The minimum absolute atomic E-state index is 0.0149. The maximum atomic E-state index is 8.68. The van der Waals surface area contributed by atoms with Crippen molar-refractivity contribution < 1.29 is 14.6 Å². The van der Waals surface area contributed by atoms with E-state index in [9.17, 15) is 0 Å². The van der Waals surface area contributed by atoms with Crippen LogP contribution in [0.4, 0.5) is 0 Å². The third kappa shape index (κ3) is 3.51. The number of hydrogen-bond acceptors (Lipinski definition) is 5. The van der Waals surface area contributed by atoms with Gasteiger partial charge >= 0.3 is 0 Å². The monoisotopic (exact) mass is 244 g/mol. The summed E-state index contributed by atoms with van der Waals surface area (Å²) in [6.45, 7) is 0.0883. The summed E-state index contributed by atoms with van der Waals surface area (Å²) in [4.78, 5) is 0. The van der Waals surface area contributed by atoms with Gasteiger partial charge in [-0.25, -0.2) is 0 Å². The molecule has 92 valence electrons. The highest BCUT2D eigenvalue weighted by Crippen LogP contribution is 2.28. The molecule has 5 heteroatoms. The molecule has 1 rings (SSSR count). The smallest absolute Gasteiger partial charge is 0.161 e. The number of hydrogen-bond donors (Lipinski definition) is 1. The SMILES string of the molecule is COc1cc(C=C(C#N)C#N)ccc1OCCO. The van der Waals surface area contributed by atoms with E-state index in [1.165, 1.54) is 13.2 Å². The van der Waals surface area contributed by atoms with Crippen LogP contribution in [0, 0.1) is 22.7 Å². The van der Waals surface area contributed by atoms with Crippen LogP contribution in [0.2, 0.25) is 0 Å². The largest absolute Gasteiger partial charge is 0.493 e. The number of allylic oxidation sites excluding steroid dienone is 1. The fourth-order valence-electron chi connectivity index (χ4n) is 1.31. The van der Waals surface area contributed by atoms with E-state index >= 15 is 0 Å². The zero-order chi connectivity index (χ0) is 13.4. The van der Waals surface area contributed by atoms with E-state index in [-0.39, 0.29) is 18.8 Å². The summed E-state index contributed by atoms with van der Waals surface area (Å²) in [5.74, 6) is 0.978. The van der Waals surface area contributed by atoms with E-state index in [0.29, 0.717) is 17.1 Å². The zero-order valence-corrected chi connectivity index (χ0v) is 9.88. The van der Waals surface area contributed by atoms with Gasteiger partial charge < -0.3 is 14.6 Å². The molecule has 1 aromatic rings. The van der Waals surface area contributed by atoms with Crippen molar-refractivity contribution in [3.63, 3.8) is 0 Å². The lowest BCUT2D eigenvalue weighted by molar-refractivity contribution is 0.196. The van der Waals surface area contributed by atoms with Gasteiger partial charge in [0.1, 0.15) is 24.3 Å². The standard InChI is InChI=1S/C13H12N2O3/c1-17-13-7-10(6-11(8-14)9-15)2-3-12(13)18-5-4-16/h2-3,6-7,16H,4-5H2,1H3. The molecule has 1 aromatic carbocycles. The summed E-state index contributed by atoms with van der Waals surface area (Å²) in [7, 11) is 1.49. The Morgan fingerprint density at radius 1 is 1.33 bits per heavy atom. The van der Waals surface area contributed by atoms with Gasteiger partial charge in [0.2, 0.25) is 0 Å². The summed E-state index contributed by atoms with van der Waals surface area (Å²) in [6, 6.07) is 8.57. The lowest BCUT2D eigenvalue weighted by Gasteiger charge is -2.10. The van der Waals surface area contributed by atoms with Gasteiger partial charge in [-0.05, 0) is 23.8 Å². The Balaban J connectivity index is 3.03. The quantitative estimate of drug-likeness (QED) is 0.793. The lowest BCUT2D eigenvalue weighted by Crippen LogP contribution is -2.03. The summed E-state index contributed by atoms with van der Waals surface area (Å²) >= 11 is 0. The Kier molecular flexibility index (Phi) is 5.24. The lowest BCUT2D eigenvalue weighted by atomic mass is 10.1. The molecule has 0 unspecified atom stereocenters. The fourth-order valence-corrected chi connectivity index (χ4v) is 1.31. The Morgan fingerprint density at radius 3 is 2.61 bits per heavy atom. The van der Waals surface area contributed by atoms with Crippen LogP contribution in [0.1, 0.15) is 5.56 Å². The molecule has 0 bridgehead atoms. The molecular formula is C13H12N2O3. The highest BCUT2D eigenvalue weighted by atomic mass is 16.5. The topological polar surface area (TPSA) is 86.3 Å². The van der Waals surface area contributed by atoms with E-state index in [0.717, 1.165) is 0 Å². The number of aliphatic hydroxyl groups excluding tert-OH is 1. The maximum Gasteiger partial charge on any atom is 0.161 e. The molecule has 1 N–H and O–H groups in total. The molecule has 0 spiro atoms. The first-order valence-electron chi connectivity index (χ1n) is 5.18. The molecule has 0 saturated carbocycles. The van der Waals surface area contributed by atoms with Crippen LogP contribution in [0.5, 0.6) is 11.5 Å². The second kappa shape index (κ2) is 6.95. The molecular weight excluding hydrogens is 232 g/mol. The van der Waals surface area contributed by atoms with Crippen LogP contribution in [0.25, 0.3) is 6.08 Å². The number of nitriles is 2. The number of methoxy groups -OCH3 is 1. The normalized spacial score (nSPS) is 8.89. The Hall–Kier alpha value is -2.50. The molecule has 0 aliphatic heterocycles. The van der Waals surface area contributed by atoms with Crippen LogP contribution in [-0.2, 0) is 0 Å². The van der Waals surface area contributed by atoms with Gasteiger partial charge in [0, 0.05) is 0 Å². The van der Waals surface area contributed by atoms with Gasteiger partial charge in [0.15, 0.2) is 11.5 Å². The molecule has 0 atom stereocenters.